The Morgan fingerprint density at radius 1 is 0.371 bits per heavy atom. The summed E-state index contributed by atoms with van der Waals surface area (Å²) < 4.78 is 50.0. The first-order valence-electron chi connectivity index (χ1n) is 13.4. The highest BCUT2D eigenvalue weighted by molar-refractivity contribution is 6.88. The molecule has 0 rings (SSSR count). The fourth-order valence-electron chi connectivity index (χ4n) is 4.36. The third-order valence-electron chi connectivity index (χ3n) is 5.30. The molecule has 0 aliphatic heterocycles. The maximum Gasteiger partial charge on any atom is 0.500 e. The van der Waals surface area contributed by atoms with Crippen molar-refractivity contribution in [3.63, 3.8) is 0 Å². The van der Waals surface area contributed by atoms with Crippen LogP contribution in [0.2, 0.25) is 63.5 Å². The highest BCUT2D eigenvalue weighted by Gasteiger charge is 2.47. The zero-order valence-electron chi connectivity index (χ0n) is 24.8. The van der Waals surface area contributed by atoms with Gasteiger partial charge in [-0.05, 0) is 92.9 Å². The summed E-state index contributed by atoms with van der Waals surface area (Å²) in [6.45, 7) is 28.9. The molecule has 0 aromatic carbocycles. The van der Waals surface area contributed by atoms with Crippen molar-refractivity contribution in [1.29, 1.82) is 0 Å². The van der Waals surface area contributed by atoms with E-state index in [4.69, 9.17) is 34.8 Å². The van der Waals surface area contributed by atoms with Crippen LogP contribution in [0.5, 0.6) is 0 Å². The lowest BCUT2D eigenvalue weighted by Gasteiger charge is -2.40. The van der Waals surface area contributed by atoms with Gasteiger partial charge in [-0.1, -0.05) is 0 Å². The van der Waals surface area contributed by atoms with Crippen molar-refractivity contribution in [3.8, 4) is 0 Å². The van der Waals surface area contributed by atoms with Crippen molar-refractivity contribution in [2.75, 3.05) is 39.6 Å². The minimum absolute atomic E-state index is 0.592. The molecule has 0 aromatic heterocycles. The van der Waals surface area contributed by atoms with Crippen molar-refractivity contribution in [1.82, 2.24) is 0 Å². The first-order valence-corrected chi connectivity index (χ1v) is 26.3. The zero-order chi connectivity index (χ0) is 27.2. The summed E-state index contributed by atoms with van der Waals surface area (Å²) in [4.78, 5) is 0. The van der Waals surface area contributed by atoms with Gasteiger partial charge < -0.3 is 34.8 Å². The second kappa shape index (κ2) is 16.7. The molecule has 0 aliphatic carbocycles. The molecule has 0 aliphatic rings. The predicted molar refractivity (Wildman–Crippen MR) is 155 cm³/mol. The predicted octanol–water partition coefficient (Wildman–Crippen LogP) is 6.23. The molecule has 0 atom stereocenters. The Hall–Kier alpha value is 0.764. The van der Waals surface area contributed by atoms with Gasteiger partial charge in [-0.15, -0.1) is 0 Å². The highest BCUT2D eigenvalue weighted by Crippen LogP contribution is 2.31. The molecule has 0 amide bonds. The molecule has 0 aromatic rings. The zero-order valence-corrected chi connectivity index (χ0v) is 29.8. The van der Waals surface area contributed by atoms with Crippen LogP contribution in [0.4, 0.5) is 0 Å². The van der Waals surface area contributed by atoms with Crippen LogP contribution in [-0.4, -0.2) is 82.4 Å². The van der Waals surface area contributed by atoms with Gasteiger partial charge in [0.25, 0.3) is 0 Å². The first-order chi connectivity index (χ1) is 16.2. The molecule has 8 nitrogen and oxygen atoms in total. The van der Waals surface area contributed by atoms with E-state index in [1.54, 1.807) is 0 Å². The molecule has 13 heteroatoms. The molecule has 35 heavy (non-hydrogen) atoms. The van der Waals surface area contributed by atoms with Crippen LogP contribution in [-0.2, 0) is 34.8 Å². The normalized spacial score (nSPS) is 14.1. The maximum absolute atomic E-state index is 6.83. The van der Waals surface area contributed by atoms with E-state index in [1.807, 2.05) is 41.5 Å². The fourth-order valence-corrected chi connectivity index (χ4v) is 27.6. The summed E-state index contributed by atoms with van der Waals surface area (Å²) in [7, 11) is -11.8. The lowest BCUT2D eigenvalue weighted by atomic mass is 10.9. The standard InChI is InChI=1S/C22H56O8Si5/c1-13-23-34(24-14-2,25-15-3)21-19-31(7,8)29-33(11,12)30-32(9,10)20-22-35(26-16-4,27-17-5)28-18-6/h13-22H2,1-12H3. The Balaban J connectivity index is 5.26. The molecule has 0 saturated heterocycles. The van der Waals surface area contributed by atoms with Crippen LogP contribution in [0, 0.1) is 0 Å². The Labute approximate surface area is 221 Å². The second-order valence-corrected chi connectivity index (χ2v) is 28.0. The van der Waals surface area contributed by atoms with Gasteiger partial charge in [0.1, 0.15) is 0 Å². The number of rotatable bonds is 22. The Morgan fingerprint density at radius 2 is 0.600 bits per heavy atom. The van der Waals surface area contributed by atoms with Crippen molar-refractivity contribution in [2.24, 2.45) is 0 Å². The van der Waals surface area contributed by atoms with Crippen molar-refractivity contribution >= 4 is 42.8 Å². The highest BCUT2D eigenvalue weighted by atomic mass is 28.5. The van der Waals surface area contributed by atoms with Crippen LogP contribution >= 0.6 is 0 Å². The summed E-state index contributed by atoms with van der Waals surface area (Å²) in [6, 6.07) is 3.38. The third-order valence-corrected chi connectivity index (χ3v) is 23.7. The van der Waals surface area contributed by atoms with E-state index >= 15 is 0 Å². The maximum atomic E-state index is 6.83. The smallest absolute Gasteiger partial charge is 0.437 e. The van der Waals surface area contributed by atoms with Crippen LogP contribution in [0.25, 0.3) is 0 Å². The Kier molecular flexibility index (Phi) is 17.0. The van der Waals surface area contributed by atoms with E-state index in [9.17, 15) is 0 Å². The summed E-state index contributed by atoms with van der Waals surface area (Å²) >= 11 is 0. The second-order valence-electron chi connectivity index (χ2n) is 10.1. The minimum Gasteiger partial charge on any atom is -0.437 e. The van der Waals surface area contributed by atoms with Gasteiger partial charge in [0, 0.05) is 51.7 Å². The van der Waals surface area contributed by atoms with Crippen molar-refractivity contribution in [2.45, 2.75) is 105 Å². The average molecular weight is 589 g/mol. The van der Waals surface area contributed by atoms with E-state index in [0.717, 1.165) is 24.2 Å². The summed E-state index contributed by atoms with van der Waals surface area (Å²) in [5.74, 6) is 0. The molecule has 0 radical (unpaired) electrons. The van der Waals surface area contributed by atoms with E-state index < -0.39 is 42.8 Å². The largest absolute Gasteiger partial charge is 0.500 e. The molecule has 0 bridgehead atoms. The van der Waals surface area contributed by atoms with Gasteiger partial charge in [-0.2, -0.15) is 0 Å². The van der Waals surface area contributed by atoms with Crippen molar-refractivity contribution < 1.29 is 34.8 Å². The topological polar surface area (TPSA) is 73.8 Å². The molecule has 212 valence electrons. The SMILES string of the molecule is CCO[Si](CC[Si](C)(C)O[Si](C)(C)O[Si](C)(C)CC[Si](OCC)(OCC)OCC)(OCC)OCC. The van der Waals surface area contributed by atoms with Crippen LogP contribution in [0.3, 0.4) is 0 Å². The molecule has 0 N–H and O–H groups in total. The quantitative estimate of drug-likeness (QED) is 0.138. The average Bonchev–Trinajstić information content (AvgIpc) is 2.71. The van der Waals surface area contributed by atoms with Crippen LogP contribution < -0.4 is 0 Å². The first kappa shape index (κ1) is 35.8. The Bertz CT molecular complexity index is 486. The van der Waals surface area contributed by atoms with E-state index in [1.165, 1.54) is 0 Å². The summed E-state index contributed by atoms with van der Waals surface area (Å²) in [5.41, 5.74) is 0. The van der Waals surface area contributed by atoms with Gasteiger partial charge in [-0.3, -0.25) is 0 Å². The molecule has 0 saturated carbocycles. The van der Waals surface area contributed by atoms with Crippen LogP contribution in [0.15, 0.2) is 0 Å². The van der Waals surface area contributed by atoms with E-state index in [0.29, 0.717) is 39.6 Å². The molecular weight excluding hydrogens is 533 g/mol. The number of hydrogen-bond acceptors (Lipinski definition) is 8. The van der Waals surface area contributed by atoms with E-state index in [2.05, 4.69) is 39.3 Å². The number of hydrogen-bond donors (Lipinski definition) is 0. The molecule has 0 spiro atoms. The van der Waals surface area contributed by atoms with Gasteiger partial charge >= 0.3 is 26.2 Å². The van der Waals surface area contributed by atoms with Gasteiger partial charge in [0.05, 0.1) is 0 Å². The monoisotopic (exact) mass is 588 g/mol. The lowest BCUT2D eigenvalue weighted by molar-refractivity contribution is 0.0716. The Morgan fingerprint density at radius 3 is 0.800 bits per heavy atom. The molecule has 0 fully saturated rings. The van der Waals surface area contributed by atoms with Gasteiger partial charge in [0.15, 0.2) is 16.6 Å². The van der Waals surface area contributed by atoms with Crippen molar-refractivity contribution in [3.05, 3.63) is 0 Å². The van der Waals surface area contributed by atoms with Gasteiger partial charge in [0.2, 0.25) is 0 Å². The van der Waals surface area contributed by atoms with Gasteiger partial charge in [-0.25, -0.2) is 0 Å². The third kappa shape index (κ3) is 14.5. The molecular formula is C22H56O8Si5. The van der Waals surface area contributed by atoms with E-state index in [-0.39, 0.29) is 0 Å². The lowest BCUT2D eigenvalue weighted by Crippen LogP contribution is -2.54. The summed E-state index contributed by atoms with van der Waals surface area (Å²) in [6.07, 6.45) is 0. The fraction of sp³-hybridized carbons (Fsp3) is 1.00. The van der Waals surface area contributed by atoms with Crippen LogP contribution in [0.1, 0.15) is 41.5 Å². The molecule has 0 unspecified atom stereocenters. The molecule has 0 heterocycles. The summed E-state index contributed by atoms with van der Waals surface area (Å²) in [5, 5.41) is 0. The minimum atomic E-state index is -2.68.